The molecule has 0 radical (unpaired) electrons. The minimum absolute atomic E-state index is 0.106. The van der Waals surface area contributed by atoms with E-state index in [-0.39, 0.29) is 11.7 Å². The van der Waals surface area contributed by atoms with Gasteiger partial charge < -0.3 is 25.4 Å². The normalized spacial score (nSPS) is 14.5. The van der Waals surface area contributed by atoms with Gasteiger partial charge in [-0.05, 0) is 13.8 Å². The number of aliphatic carboxylic acids is 1. The Balaban J connectivity index is 2.00. The SMILES string of the molecule is CC(O)[C@H](NC(=O)N[C@@H](C)c1nc(-c2cnccn2)no1)C(=O)O. The molecule has 2 amide bonds. The minimum Gasteiger partial charge on any atom is -0.480 e. The van der Waals surface area contributed by atoms with Crippen molar-refractivity contribution in [1.82, 2.24) is 30.7 Å². The van der Waals surface area contributed by atoms with Crippen molar-refractivity contribution in [3.05, 3.63) is 24.5 Å². The van der Waals surface area contributed by atoms with E-state index in [2.05, 4.69) is 30.7 Å². The molecule has 0 fully saturated rings. The number of aliphatic hydroxyl groups is 1. The first-order valence-electron chi connectivity index (χ1n) is 6.96. The van der Waals surface area contributed by atoms with Crippen molar-refractivity contribution in [2.24, 2.45) is 0 Å². The summed E-state index contributed by atoms with van der Waals surface area (Å²) in [4.78, 5) is 34.8. The summed E-state index contributed by atoms with van der Waals surface area (Å²) in [6.07, 6.45) is 3.18. The van der Waals surface area contributed by atoms with Crippen molar-refractivity contribution >= 4 is 12.0 Å². The van der Waals surface area contributed by atoms with Crippen LogP contribution in [0, 0.1) is 0 Å². The maximum Gasteiger partial charge on any atom is 0.328 e. The van der Waals surface area contributed by atoms with Crippen LogP contribution < -0.4 is 10.6 Å². The van der Waals surface area contributed by atoms with Crippen LogP contribution in [0.15, 0.2) is 23.1 Å². The van der Waals surface area contributed by atoms with Crippen LogP contribution in [-0.2, 0) is 4.79 Å². The molecule has 0 aliphatic rings. The second kappa shape index (κ2) is 7.46. The lowest BCUT2D eigenvalue weighted by Gasteiger charge is -2.18. The molecule has 11 nitrogen and oxygen atoms in total. The van der Waals surface area contributed by atoms with Gasteiger partial charge in [-0.15, -0.1) is 0 Å². The zero-order valence-corrected chi connectivity index (χ0v) is 12.9. The topological polar surface area (TPSA) is 163 Å². The molecule has 0 spiro atoms. The van der Waals surface area contributed by atoms with Gasteiger partial charge in [-0.25, -0.2) is 14.6 Å². The molecule has 2 aromatic heterocycles. The zero-order valence-electron chi connectivity index (χ0n) is 12.9. The fourth-order valence-corrected chi connectivity index (χ4v) is 1.76. The van der Waals surface area contributed by atoms with E-state index in [1.165, 1.54) is 25.5 Å². The Morgan fingerprint density at radius 3 is 2.58 bits per heavy atom. The number of carbonyl (C=O) groups excluding carboxylic acids is 1. The molecule has 128 valence electrons. The predicted molar refractivity (Wildman–Crippen MR) is 78.5 cm³/mol. The highest BCUT2D eigenvalue weighted by molar-refractivity contribution is 5.83. The van der Waals surface area contributed by atoms with Gasteiger partial charge in [-0.3, -0.25) is 4.98 Å². The fourth-order valence-electron chi connectivity index (χ4n) is 1.76. The first kappa shape index (κ1) is 17.3. The van der Waals surface area contributed by atoms with Crippen molar-refractivity contribution in [3.8, 4) is 11.5 Å². The standard InChI is InChI=1S/C13H16N6O5/c1-6(16-13(23)17-9(7(2)20)12(21)22)11-18-10(19-24-11)8-5-14-3-4-15-8/h3-7,9,20H,1-2H3,(H,21,22)(H2,16,17,23)/t6-,7?,9-/m0/s1. The van der Waals surface area contributed by atoms with E-state index >= 15 is 0 Å². The van der Waals surface area contributed by atoms with Gasteiger partial charge in [-0.2, -0.15) is 4.98 Å². The summed E-state index contributed by atoms with van der Waals surface area (Å²) < 4.78 is 5.04. The third-order valence-corrected chi connectivity index (χ3v) is 2.99. The van der Waals surface area contributed by atoms with Gasteiger partial charge in [0, 0.05) is 12.4 Å². The number of hydrogen-bond donors (Lipinski definition) is 4. The van der Waals surface area contributed by atoms with E-state index in [0.29, 0.717) is 5.69 Å². The van der Waals surface area contributed by atoms with E-state index in [9.17, 15) is 14.7 Å². The minimum atomic E-state index is -1.44. The van der Waals surface area contributed by atoms with Crippen LogP contribution in [0.5, 0.6) is 0 Å². The Kier molecular flexibility index (Phi) is 5.37. The molecule has 0 aliphatic heterocycles. The smallest absolute Gasteiger partial charge is 0.328 e. The Bertz CT molecular complexity index is 704. The van der Waals surface area contributed by atoms with Gasteiger partial charge in [0.25, 0.3) is 0 Å². The Labute approximate surface area is 136 Å². The average Bonchev–Trinajstić information content (AvgIpc) is 3.03. The lowest BCUT2D eigenvalue weighted by atomic mass is 10.2. The molecule has 4 N–H and O–H groups in total. The summed E-state index contributed by atoms with van der Waals surface area (Å²) in [5, 5.41) is 26.6. The first-order valence-corrected chi connectivity index (χ1v) is 6.96. The predicted octanol–water partition coefficient (Wildman–Crippen LogP) is -0.279. The monoisotopic (exact) mass is 336 g/mol. The van der Waals surface area contributed by atoms with E-state index in [4.69, 9.17) is 9.63 Å². The molecule has 0 saturated carbocycles. The fraction of sp³-hybridized carbons (Fsp3) is 0.385. The first-order chi connectivity index (χ1) is 11.4. The summed E-state index contributed by atoms with van der Waals surface area (Å²) in [6.45, 7) is 2.83. The number of hydrogen-bond acceptors (Lipinski definition) is 8. The summed E-state index contributed by atoms with van der Waals surface area (Å²) in [5.74, 6) is -1.04. The van der Waals surface area contributed by atoms with Crippen LogP contribution in [0.4, 0.5) is 4.79 Å². The van der Waals surface area contributed by atoms with Gasteiger partial charge in [0.1, 0.15) is 11.7 Å². The number of carboxylic acid groups (broad SMARTS) is 1. The molecule has 11 heteroatoms. The average molecular weight is 336 g/mol. The van der Waals surface area contributed by atoms with E-state index in [1.807, 2.05) is 0 Å². The molecule has 1 unspecified atom stereocenters. The molecule has 0 saturated heterocycles. The van der Waals surface area contributed by atoms with Crippen LogP contribution in [-0.4, -0.2) is 54.5 Å². The van der Waals surface area contributed by atoms with Crippen molar-refractivity contribution in [3.63, 3.8) is 0 Å². The zero-order chi connectivity index (χ0) is 17.7. The molecule has 2 rings (SSSR count). The van der Waals surface area contributed by atoms with Crippen LogP contribution in [0.2, 0.25) is 0 Å². The van der Waals surface area contributed by atoms with E-state index < -0.39 is 30.2 Å². The molecule has 24 heavy (non-hydrogen) atoms. The molecule has 3 atom stereocenters. The van der Waals surface area contributed by atoms with Crippen LogP contribution in [0.25, 0.3) is 11.5 Å². The Morgan fingerprint density at radius 1 is 1.25 bits per heavy atom. The van der Waals surface area contributed by atoms with Gasteiger partial charge in [0.15, 0.2) is 6.04 Å². The highest BCUT2D eigenvalue weighted by Crippen LogP contribution is 2.15. The van der Waals surface area contributed by atoms with Crippen molar-refractivity contribution in [1.29, 1.82) is 0 Å². The molecule has 0 aromatic carbocycles. The van der Waals surface area contributed by atoms with Crippen LogP contribution in [0.1, 0.15) is 25.8 Å². The summed E-state index contributed by atoms with van der Waals surface area (Å²) in [6, 6.07) is -2.92. The van der Waals surface area contributed by atoms with Crippen molar-refractivity contribution < 1.29 is 24.3 Å². The van der Waals surface area contributed by atoms with Crippen molar-refractivity contribution in [2.45, 2.75) is 32.0 Å². The van der Waals surface area contributed by atoms with Crippen molar-refractivity contribution in [2.75, 3.05) is 0 Å². The maximum absolute atomic E-state index is 11.8. The molecule has 0 aliphatic carbocycles. The largest absolute Gasteiger partial charge is 0.480 e. The number of amides is 2. The number of aliphatic hydroxyl groups excluding tert-OH is 1. The molecular formula is C13H16N6O5. The lowest BCUT2D eigenvalue weighted by molar-refractivity contribution is -0.141. The third kappa shape index (κ3) is 4.23. The summed E-state index contributed by atoms with van der Waals surface area (Å²) in [5.41, 5.74) is 0.407. The molecule has 2 heterocycles. The quantitative estimate of drug-likeness (QED) is 0.555. The number of carboxylic acids is 1. The van der Waals surface area contributed by atoms with Crippen LogP contribution in [0.3, 0.4) is 0 Å². The lowest BCUT2D eigenvalue weighted by Crippen LogP contribution is -2.51. The third-order valence-electron chi connectivity index (χ3n) is 2.99. The summed E-state index contributed by atoms with van der Waals surface area (Å²) >= 11 is 0. The van der Waals surface area contributed by atoms with Gasteiger partial charge >= 0.3 is 12.0 Å². The van der Waals surface area contributed by atoms with Gasteiger partial charge in [-0.1, -0.05) is 5.16 Å². The number of aromatic nitrogens is 4. The van der Waals surface area contributed by atoms with Gasteiger partial charge in [0.05, 0.1) is 12.3 Å². The molecule has 0 bridgehead atoms. The Morgan fingerprint density at radius 2 is 2.00 bits per heavy atom. The second-order valence-electron chi connectivity index (χ2n) is 4.94. The number of rotatable bonds is 6. The number of nitrogens with one attached hydrogen (secondary N) is 2. The Hall–Kier alpha value is -3.08. The number of carbonyl (C=O) groups is 2. The highest BCUT2D eigenvalue weighted by Gasteiger charge is 2.26. The molecule has 2 aromatic rings. The highest BCUT2D eigenvalue weighted by atomic mass is 16.5. The van der Waals surface area contributed by atoms with E-state index in [1.54, 1.807) is 6.92 Å². The number of urea groups is 1. The second-order valence-corrected chi connectivity index (χ2v) is 4.94. The van der Waals surface area contributed by atoms with Gasteiger partial charge in [0.2, 0.25) is 11.7 Å². The maximum atomic E-state index is 11.8. The molecular weight excluding hydrogens is 320 g/mol. The number of nitrogens with zero attached hydrogens (tertiary/aromatic N) is 4. The van der Waals surface area contributed by atoms with E-state index in [0.717, 1.165) is 0 Å². The summed E-state index contributed by atoms with van der Waals surface area (Å²) in [7, 11) is 0. The van der Waals surface area contributed by atoms with Crippen LogP contribution >= 0.6 is 0 Å².